The Morgan fingerprint density at radius 2 is 2.53 bits per heavy atom. The van der Waals surface area contributed by atoms with Crippen LogP contribution in [0.3, 0.4) is 0 Å². The molecule has 0 aromatic carbocycles. The Hall–Kier alpha value is -1.14. The zero-order valence-electron chi connectivity index (χ0n) is 9.27. The van der Waals surface area contributed by atoms with E-state index in [0.29, 0.717) is 6.10 Å². The van der Waals surface area contributed by atoms with Crippen LogP contribution in [-0.4, -0.2) is 33.6 Å². The van der Waals surface area contributed by atoms with Crippen LogP contribution in [0.25, 0.3) is 5.65 Å². The van der Waals surface area contributed by atoms with Gasteiger partial charge in [-0.25, -0.2) is 9.97 Å². The second-order valence-electron chi connectivity index (χ2n) is 4.09. The fraction of sp³-hybridized carbons (Fsp3) is 0.455. The van der Waals surface area contributed by atoms with Crippen LogP contribution in [-0.2, 0) is 4.74 Å². The molecule has 2 aromatic rings. The molecule has 0 radical (unpaired) electrons. The van der Waals surface area contributed by atoms with Gasteiger partial charge in [-0.2, -0.15) is 0 Å². The molecule has 2 aromatic heterocycles. The Kier molecular flexibility index (Phi) is 2.98. The van der Waals surface area contributed by atoms with E-state index in [1.165, 1.54) is 0 Å². The fourth-order valence-corrected chi connectivity index (χ4v) is 2.43. The molecule has 3 heterocycles. The minimum Gasteiger partial charge on any atom is -0.376 e. The first-order chi connectivity index (χ1) is 8.33. The maximum atomic E-state index is 5.57. The van der Waals surface area contributed by atoms with E-state index in [1.807, 2.05) is 16.8 Å². The normalized spacial score (nSPS) is 19.9. The van der Waals surface area contributed by atoms with Crippen molar-refractivity contribution in [1.29, 1.82) is 0 Å². The lowest BCUT2D eigenvalue weighted by Crippen LogP contribution is -2.19. The molecular weight excluding hydrogens is 284 g/mol. The van der Waals surface area contributed by atoms with Crippen LogP contribution in [0.15, 0.2) is 23.2 Å². The van der Waals surface area contributed by atoms with Crippen molar-refractivity contribution in [2.24, 2.45) is 0 Å². The molecule has 6 heteroatoms. The van der Waals surface area contributed by atoms with Crippen molar-refractivity contribution >= 4 is 27.4 Å². The van der Waals surface area contributed by atoms with Crippen molar-refractivity contribution in [3.63, 3.8) is 0 Å². The van der Waals surface area contributed by atoms with Crippen LogP contribution < -0.4 is 5.32 Å². The van der Waals surface area contributed by atoms with Gasteiger partial charge in [-0.3, -0.25) is 0 Å². The van der Waals surface area contributed by atoms with Crippen LogP contribution in [0.5, 0.6) is 0 Å². The summed E-state index contributed by atoms with van der Waals surface area (Å²) in [5.74, 6) is 0.792. The molecule has 3 rings (SSSR count). The molecule has 17 heavy (non-hydrogen) atoms. The summed E-state index contributed by atoms with van der Waals surface area (Å²) in [5.41, 5.74) is 0.839. The molecule has 0 saturated carbocycles. The van der Waals surface area contributed by atoms with Crippen LogP contribution in [0.1, 0.15) is 12.8 Å². The Morgan fingerprint density at radius 1 is 1.59 bits per heavy atom. The number of hydrogen-bond donors (Lipinski definition) is 1. The molecule has 1 fully saturated rings. The number of fused-ring (bicyclic) bond motifs is 1. The summed E-state index contributed by atoms with van der Waals surface area (Å²) < 4.78 is 8.30. The number of ether oxygens (including phenoxy) is 1. The lowest BCUT2D eigenvalue weighted by Gasteiger charge is -2.12. The third kappa shape index (κ3) is 2.28. The first-order valence-corrected chi connectivity index (χ1v) is 6.47. The van der Waals surface area contributed by atoms with Gasteiger partial charge in [0, 0.05) is 31.7 Å². The van der Waals surface area contributed by atoms with Crippen molar-refractivity contribution in [3.8, 4) is 0 Å². The number of aromatic nitrogens is 3. The van der Waals surface area contributed by atoms with Crippen LogP contribution in [0.2, 0.25) is 0 Å². The van der Waals surface area contributed by atoms with Gasteiger partial charge in [-0.05, 0) is 28.8 Å². The van der Waals surface area contributed by atoms with Gasteiger partial charge in [0.1, 0.15) is 4.60 Å². The van der Waals surface area contributed by atoms with E-state index in [1.54, 1.807) is 6.20 Å². The molecular formula is C11H13BrN4O. The highest BCUT2D eigenvalue weighted by Crippen LogP contribution is 2.18. The van der Waals surface area contributed by atoms with Gasteiger partial charge < -0.3 is 14.5 Å². The Bertz CT molecular complexity index is 521. The summed E-state index contributed by atoms with van der Waals surface area (Å²) in [7, 11) is 0. The summed E-state index contributed by atoms with van der Waals surface area (Å²) in [6, 6.07) is 0. The van der Waals surface area contributed by atoms with Crippen LogP contribution in [0, 0.1) is 0 Å². The van der Waals surface area contributed by atoms with Gasteiger partial charge in [0.25, 0.3) is 0 Å². The second kappa shape index (κ2) is 4.62. The SMILES string of the molecule is Brc1cn2ccnc2c(NCC2CCCO2)n1. The highest BCUT2D eigenvalue weighted by atomic mass is 79.9. The Labute approximate surface area is 107 Å². The van der Waals surface area contributed by atoms with E-state index in [0.717, 1.165) is 42.1 Å². The number of nitrogens with zero attached hydrogens (tertiary/aromatic N) is 3. The smallest absolute Gasteiger partial charge is 0.180 e. The largest absolute Gasteiger partial charge is 0.376 e. The molecule has 0 amide bonds. The predicted molar refractivity (Wildman–Crippen MR) is 68.2 cm³/mol. The minimum atomic E-state index is 0.297. The molecule has 1 N–H and O–H groups in total. The monoisotopic (exact) mass is 296 g/mol. The van der Waals surface area contributed by atoms with Crippen molar-refractivity contribution < 1.29 is 4.74 Å². The number of rotatable bonds is 3. The third-order valence-electron chi connectivity index (χ3n) is 2.87. The van der Waals surface area contributed by atoms with Gasteiger partial charge in [0.15, 0.2) is 11.5 Å². The molecule has 1 aliphatic rings. The number of nitrogens with one attached hydrogen (secondary N) is 1. The van der Waals surface area contributed by atoms with Gasteiger partial charge in [-0.1, -0.05) is 0 Å². The minimum absolute atomic E-state index is 0.297. The molecule has 1 aliphatic heterocycles. The van der Waals surface area contributed by atoms with E-state index < -0.39 is 0 Å². The van der Waals surface area contributed by atoms with E-state index in [-0.39, 0.29) is 0 Å². The molecule has 5 nitrogen and oxygen atoms in total. The predicted octanol–water partition coefficient (Wildman–Crippen LogP) is 2.08. The van der Waals surface area contributed by atoms with Gasteiger partial charge in [0.05, 0.1) is 6.10 Å². The molecule has 90 valence electrons. The zero-order valence-corrected chi connectivity index (χ0v) is 10.9. The van der Waals surface area contributed by atoms with E-state index in [2.05, 4.69) is 31.2 Å². The molecule has 0 aliphatic carbocycles. The standard InChI is InChI=1S/C11H13BrN4O/c12-9-7-16-4-3-13-11(16)10(15-9)14-6-8-2-1-5-17-8/h3-4,7-8H,1-2,5-6H2,(H,14,15). The van der Waals surface area contributed by atoms with E-state index in [9.17, 15) is 0 Å². The van der Waals surface area contributed by atoms with Crippen molar-refractivity contribution in [2.75, 3.05) is 18.5 Å². The summed E-state index contributed by atoms with van der Waals surface area (Å²) in [4.78, 5) is 8.68. The lowest BCUT2D eigenvalue weighted by atomic mass is 10.2. The number of halogens is 1. The fourth-order valence-electron chi connectivity index (χ4n) is 2.04. The zero-order chi connectivity index (χ0) is 11.7. The number of anilines is 1. The topological polar surface area (TPSA) is 51.5 Å². The molecule has 1 atom stereocenters. The lowest BCUT2D eigenvalue weighted by molar-refractivity contribution is 0.120. The van der Waals surface area contributed by atoms with Gasteiger partial charge >= 0.3 is 0 Å². The van der Waals surface area contributed by atoms with E-state index >= 15 is 0 Å². The Morgan fingerprint density at radius 3 is 3.35 bits per heavy atom. The van der Waals surface area contributed by atoms with Crippen molar-refractivity contribution in [2.45, 2.75) is 18.9 Å². The average Bonchev–Trinajstić information content (AvgIpc) is 2.95. The van der Waals surface area contributed by atoms with E-state index in [4.69, 9.17) is 4.74 Å². The third-order valence-corrected chi connectivity index (χ3v) is 3.25. The summed E-state index contributed by atoms with van der Waals surface area (Å²) in [6.07, 6.45) is 8.12. The molecule has 0 spiro atoms. The first-order valence-electron chi connectivity index (χ1n) is 5.67. The van der Waals surface area contributed by atoms with Crippen LogP contribution >= 0.6 is 15.9 Å². The number of hydrogen-bond acceptors (Lipinski definition) is 4. The number of imidazole rings is 1. The summed E-state index contributed by atoms with van der Waals surface area (Å²) >= 11 is 3.39. The van der Waals surface area contributed by atoms with Crippen molar-refractivity contribution in [1.82, 2.24) is 14.4 Å². The van der Waals surface area contributed by atoms with Gasteiger partial charge in [0.2, 0.25) is 0 Å². The molecule has 1 saturated heterocycles. The maximum Gasteiger partial charge on any atom is 0.180 e. The van der Waals surface area contributed by atoms with Crippen molar-refractivity contribution in [3.05, 3.63) is 23.2 Å². The van der Waals surface area contributed by atoms with Crippen LogP contribution in [0.4, 0.5) is 5.82 Å². The molecule has 0 bridgehead atoms. The molecule has 1 unspecified atom stereocenters. The first kappa shape index (κ1) is 11.0. The maximum absolute atomic E-state index is 5.57. The summed E-state index contributed by atoms with van der Waals surface area (Å²) in [5, 5.41) is 3.31. The Balaban J connectivity index is 1.81. The summed E-state index contributed by atoms with van der Waals surface area (Å²) in [6.45, 7) is 1.66. The highest BCUT2D eigenvalue weighted by molar-refractivity contribution is 9.10. The highest BCUT2D eigenvalue weighted by Gasteiger charge is 2.16. The average molecular weight is 297 g/mol. The second-order valence-corrected chi connectivity index (χ2v) is 4.90. The quantitative estimate of drug-likeness (QED) is 0.942. The van der Waals surface area contributed by atoms with Gasteiger partial charge in [-0.15, -0.1) is 0 Å².